The summed E-state index contributed by atoms with van der Waals surface area (Å²) in [5, 5.41) is -0.454. The van der Waals surface area contributed by atoms with Crippen molar-refractivity contribution in [1.29, 1.82) is 0 Å². The molecule has 0 N–H and O–H groups in total. The van der Waals surface area contributed by atoms with Crippen molar-refractivity contribution >= 4 is 18.2 Å². The Morgan fingerprint density at radius 3 is 2.05 bits per heavy atom. The van der Waals surface area contributed by atoms with Crippen molar-refractivity contribution in [3.05, 3.63) is 11.6 Å². The van der Waals surface area contributed by atoms with Crippen molar-refractivity contribution in [2.24, 2.45) is 5.92 Å². The molecule has 0 spiro atoms. The van der Waals surface area contributed by atoms with Crippen LogP contribution in [0.2, 0.25) is 19.6 Å². The molecular formula is C14H30O3SSi. The Kier molecular flexibility index (Phi) is 6.99. The molecule has 0 unspecified atom stereocenters. The average Bonchev–Trinajstić information content (AvgIpc) is 2.22. The van der Waals surface area contributed by atoms with E-state index < -0.39 is 23.4 Å². The lowest BCUT2D eigenvalue weighted by molar-refractivity contribution is 0.166. The third kappa shape index (κ3) is 7.27. The van der Waals surface area contributed by atoms with E-state index in [1.54, 1.807) is 6.92 Å². The molecule has 0 aliphatic carbocycles. The van der Waals surface area contributed by atoms with Gasteiger partial charge in [0, 0.05) is 6.26 Å². The van der Waals surface area contributed by atoms with E-state index in [4.69, 9.17) is 4.43 Å². The first kappa shape index (κ1) is 18.9. The summed E-state index contributed by atoms with van der Waals surface area (Å²) in [4.78, 5) is 0. The lowest BCUT2D eigenvalue weighted by Crippen LogP contribution is -2.36. The quantitative estimate of drug-likeness (QED) is 0.533. The van der Waals surface area contributed by atoms with Gasteiger partial charge in [0.05, 0.1) is 11.4 Å². The summed E-state index contributed by atoms with van der Waals surface area (Å²) in [6.07, 6.45) is 4.17. The van der Waals surface area contributed by atoms with Crippen molar-refractivity contribution in [3.63, 3.8) is 0 Å². The van der Waals surface area contributed by atoms with Crippen molar-refractivity contribution in [1.82, 2.24) is 0 Å². The maximum atomic E-state index is 11.5. The van der Waals surface area contributed by atoms with Gasteiger partial charge in [-0.25, -0.2) is 8.42 Å². The third-order valence-electron chi connectivity index (χ3n) is 3.26. The maximum Gasteiger partial charge on any atom is 0.184 e. The van der Waals surface area contributed by atoms with E-state index in [1.165, 1.54) is 6.26 Å². The predicted octanol–water partition coefficient (Wildman–Crippen LogP) is 3.63. The van der Waals surface area contributed by atoms with Gasteiger partial charge in [-0.2, -0.15) is 0 Å². The third-order valence-corrected chi connectivity index (χ3v) is 5.71. The van der Waals surface area contributed by atoms with Gasteiger partial charge < -0.3 is 4.43 Å². The summed E-state index contributed by atoms with van der Waals surface area (Å²) in [5.41, 5.74) is 1.04. The van der Waals surface area contributed by atoms with Crippen LogP contribution >= 0.6 is 0 Å². The van der Waals surface area contributed by atoms with Crippen LogP contribution in [-0.4, -0.2) is 34.3 Å². The highest BCUT2D eigenvalue weighted by Crippen LogP contribution is 2.24. The van der Waals surface area contributed by atoms with Crippen LogP contribution in [-0.2, 0) is 14.3 Å². The second-order valence-corrected chi connectivity index (χ2v) is 13.3. The van der Waals surface area contributed by atoms with Gasteiger partial charge in [-0.15, -0.1) is 0 Å². The molecule has 0 aromatic rings. The second kappa shape index (κ2) is 7.04. The molecule has 19 heavy (non-hydrogen) atoms. The minimum atomic E-state index is -3.03. The lowest BCUT2D eigenvalue weighted by Gasteiger charge is -2.31. The van der Waals surface area contributed by atoms with Crippen LogP contribution < -0.4 is 0 Å². The van der Waals surface area contributed by atoms with E-state index >= 15 is 0 Å². The van der Waals surface area contributed by atoms with Crippen LogP contribution in [0.5, 0.6) is 0 Å². The minimum absolute atomic E-state index is 0.0286. The molecule has 3 atom stereocenters. The largest absolute Gasteiger partial charge is 0.411 e. The highest BCUT2D eigenvalue weighted by Gasteiger charge is 2.26. The molecule has 0 aromatic heterocycles. The van der Waals surface area contributed by atoms with Crippen LogP contribution in [0.4, 0.5) is 0 Å². The molecule has 0 saturated carbocycles. The van der Waals surface area contributed by atoms with Crippen molar-refractivity contribution < 1.29 is 12.8 Å². The van der Waals surface area contributed by atoms with Gasteiger partial charge >= 0.3 is 0 Å². The zero-order valence-electron chi connectivity index (χ0n) is 13.6. The van der Waals surface area contributed by atoms with Gasteiger partial charge in [0.25, 0.3) is 0 Å². The second-order valence-electron chi connectivity index (χ2n) is 6.48. The van der Waals surface area contributed by atoms with Gasteiger partial charge in [-0.3, -0.25) is 0 Å². The molecule has 0 heterocycles. The van der Waals surface area contributed by atoms with Gasteiger partial charge in [0.2, 0.25) is 0 Å². The molecule has 114 valence electrons. The average molecular weight is 307 g/mol. The Bertz CT molecular complexity index is 407. The van der Waals surface area contributed by atoms with Gasteiger partial charge in [0.1, 0.15) is 0 Å². The SMILES string of the molecule is CC[C@@H](C)[C@H](O[Si](C)(C)C)/C(C)=C/[C@H](C)S(C)(=O)=O. The van der Waals surface area contributed by atoms with E-state index in [0.29, 0.717) is 5.92 Å². The molecule has 3 nitrogen and oxygen atoms in total. The Labute approximate surface area is 120 Å². The predicted molar refractivity (Wildman–Crippen MR) is 85.7 cm³/mol. The van der Waals surface area contributed by atoms with Crippen molar-refractivity contribution in [3.8, 4) is 0 Å². The fourth-order valence-corrected chi connectivity index (χ4v) is 3.48. The molecule has 0 saturated heterocycles. The Hall–Kier alpha value is -0.133. The van der Waals surface area contributed by atoms with E-state index in [9.17, 15) is 8.42 Å². The molecule has 0 aliphatic rings. The van der Waals surface area contributed by atoms with Crippen LogP contribution in [0.3, 0.4) is 0 Å². The number of hydrogen-bond acceptors (Lipinski definition) is 3. The summed E-state index contributed by atoms with van der Waals surface area (Å²) < 4.78 is 29.3. The molecule has 0 fully saturated rings. The zero-order chi connectivity index (χ0) is 15.4. The Balaban J connectivity index is 5.22. The molecule has 0 aromatic carbocycles. The number of hydrogen-bond donors (Lipinski definition) is 0. The standard InChI is InChI=1S/C14H30O3SSi/c1-9-11(2)14(17-19(6,7)8)12(3)10-13(4)18(5,15)16/h10-11,13-14H,9H2,1-8H3/b12-10+/t11-,13+,14+/m1/s1. The van der Waals surface area contributed by atoms with E-state index in [1.807, 2.05) is 13.0 Å². The summed E-state index contributed by atoms with van der Waals surface area (Å²) in [5.74, 6) is 0.398. The normalized spacial score (nSPS) is 19.1. The number of rotatable bonds is 7. The smallest absolute Gasteiger partial charge is 0.184 e. The van der Waals surface area contributed by atoms with Crippen LogP contribution in [0.1, 0.15) is 34.1 Å². The van der Waals surface area contributed by atoms with Gasteiger partial charge in [0.15, 0.2) is 18.2 Å². The Morgan fingerprint density at radius 2 is 1.74 bits per heavy atom. The fraction of sp³-hybridized carbons (Fsp3) is 0.857. The fourth-order valence-electron chi connectivity index (χ4n) is 1.84. The molecular weight excluding hydrogens is 276 g/mol. The summed E-state index contributed by atoms with van der Waals surface area (Å²) in [6.45, 7) is 14.5. The summed E-state index contributed by atoms with van der Waals surface area (Å²) in [6, 6.07) is 0. The first-order valence-electron chi connectivity index (χ1n) is 6.93. The van der Waals surface area contributed by atoms with Crippen LogP contribution in [0, 0.1) is 5.92 Å². The highest BCUT2D eigenvalue weighted by molar-refractivity contribution is 7.91. The number of sulfone groups is 1. The monoisotopic (exact) mass is 306 g/mol. The first-order valence-corrected chi connectivity index (χ1v) is 12.3. The highest BCUT2D eigenvalue weighted by atomic mass is 32.2. The molecule has 5 heteroatoms. The Morgan fingerprint density at radius 1 is 1.26 bits per heavy atom. The van der Waals surface area contributed by atoms with Gasteiger partial charge in [-0.05, 0) is 45.0 Å². The molecule has 0 amide bonds. The summed E-state index contributed by atoms with van der Waals surface area (Å²) in [7, 11) is -4.68. The van der Waals surface area contributed by atoms with Gasteiger partial charge in [-0.1, -0.05) is 26.3 Å². The van der Waals surface area contributed by atoms with E-state index in [0.717, 1.165) is 12.0 Å². The lowest BCUT2D eigenvalue weighted by atomic mass is 9.95. The van der Waals surface area contributed by atoms with Crippen molar-refractivity contribution in [2.45, 2.75) is 65.1 Å². The minimum Gasteiger partial charge on any atom is -0.411 e. The molecule has 0 rings (SSSR count). The van der Waals surface area contributed by atoms with Crippen LogP contribution in [0.25, 0.3) is 0 Å². The molecule has 0 aliphatic heterocycles. The maximum absolute atomic E-state index is 11.5. The first-order chi connectivity index (χ1) is 8.38. The zero-order valence-corrected chi connectivity index (χ0v) is 15.5. The topological polar surface area (TPSA) is 43.4 Å². The summed E-state index contributed by atoms with van der Waals surface area (Å²) >= 11 is 0. The molecule has 0 bridgehead atoms. The van der Waals surface area contributed by atoms with Crippen molar-refractivity contribution in [2.75, 3.05) is 6.26 Å². The van der Waals surface area contributed by atoms with E-state index in [2.05, 4.69) is 33.5 Å². The molecule has 0 radical (unpaired) electrons. The van der Waals surface area contributed by atoms with Crippen LogP contribution in [0.15, 0.2) is 11.6 Å². The van der Waals surface area contributed by atoms with E-state index in [-0.39, 0.29) is 6.10 Å².